The van der Waals surface area contributed by atoms with Gasteiger partial charge in [-0.1, -0.05) is 12.1 Å². The topological polar surface area (TPSA) is 68.9 Å². The molecule has 0 saturated heterocycles. The normalized spacial score (nSPS) is 10.4. The monoisotopic (exact) mass is 187 g/mol. The van der Waals surface area contributed by atoms with Gasteiger partial charge in [0.25, 0.3) is 0 Å². The summed E-state index contributed by atoms with van der Waals surface area (Å²) in [5.41, 5.74) is 5.89. The SMILES string of the molecule is NCC(=O)c1ccc2cnncc2c1. The Hall–Kier alpha value is -1.81. The zero-order chi connectivity index (χ0) is 9.97. The van der Waals surface area contributed by atoms with Gasteiger partial charge in [0.2, 0.25) is 0 Å². The van der Waals surface area contributed by atoms with Crippen LogP contribution in [-0.2, 0) is 0 Å². The molecule has 0 spiro atoms. The van der Waals surface area contributed by atoms with Crippen molar-refractivity contribution < 1.29 is 4.79 Å². The highest BCUT2D eigenvalue weighted by atomic mass is 16.1. The maximum atomic E-state index is 11.3. The van der Waals surface area contributed by atoms with Crippen LogP contribution in [0.25, 0.3) is 10.8 Å². The smallest absolute Gasteiger partial charge is 0.176 e. The van der Waals surface area contributed by atoms with Crippen LogP contribution in [0.5, 0.6) is 0 Å². The van der Waals surface area contributed by atoms with Crippen LogP contribution in [0.15, 0.2) is 30.6 Å². The molecule has 0 saturated carbocycles. The van der Waals surface area contributed by atoms with E-state index < -0.39 is 0 Å². The second-order valence-corrected chi connectivity index (χ2v) is 2.96. The maximum absolute atomic E-state index is 11.3. The number of carbonyl (C=O) groups is 1. The van der Waals surface area contributed by atoms with Crippen molar-refractivity contribution in [2.75, 3.05) is 6.54 Å². The molecule has 70 valence electrons. The standard InChI is InChI=1S/C10H9N3O/c11-4-10(14)7-1-2-8-5-12-13-6-9(8)3-7/h1-3,5-6H,4,11H2. The van der Waals surface area contributed by atoms with Crippen molar-refractivity contribution >= 4 is 16.6 Å². The van der Waals surface area contributed by atoms with E-state index in [9.17, 15) is 4.79 Å². The fourth-order valence-corrected chi connectivity index (χ4v) is 1.29. The van der Waals surface area contributed by atoms with Crippen molar-refractivity contribution in [1.82, 2.24) is 10.2 Å². The Kier molecular flexibility index (Phi) is 2.20. The van der Waals surface area contributed by atoms with Gasteiger partial charge in [-0.2, -0.15) is 10.2 Å². The molecule has 2 rings (SSSR count). The van der Waals surface area contributed by atoms with Gasteiger partial charge in [-0.25, -0.2) is 0 Å². The Morgan fingerprint density at radius 3 is 2.64 bits per heavy atom. The molecule has 14 heavy (non-hydrogen) atoms. The fraction of sp³-hybridized carbons (Fsp3) is 0.100. The van der Waals surface area contributed by atoms with Crippen molar-refractivity contribution in [2.24, 2.45) is 5.73 Å². The minimum atomic E-state index is -0.0660. The number of nitrogens with two attached hydrogens (primary N) is 1. The molecule has 0 atom stereocenters. The maximum Gasteiger partial charge on any atom is 0.176 e. The first-order valence-corrected chi connectivity index (χ1v) is 4.25. The summed E-state index contributed by atoms with van der Waals surface area (Å²) in [6, 6.07) is 5.37. The second-order valence-electron chi connectivity index (χ2n) is 2.96. The quantitative estimate of drug-likeness (QED) is 0.705. The van der Waals surface area contributed by atoms with Crippen LogP contribution in [0.4, 0.5) is 0 Å². The molecular formula is C10H9N3O. The molecule has 2 aromatic rings. The molecule has 0 bridgehead atoms. The molecule has 0 amide bonds. The number of rotatable bonds is 2. The van der Waals surface area contributed by atoms with Gasteiger partial charge in [0.1, 0.15) is 0 Å². The molecule has 1 heterocycles. The molecule has 1 aromatic carbocycles. The van der Waals surface area contributed by atoms with Crippen LogP contribution in [0.1, 0.15) is 10.4 Å². The van der Waals surface area contributed by atoms with Gasteiger partial charge in [0, 0.05) is 16.3 Å². The Bertz CT molecular complexity index is 482. The number of hydrogen-bond acceptors (Lipinski definition) is 4. The van der Waals surface area contributed by atoms with E-state index in [2.05, 4.69) is 10.2 Å². The Morgan fingerprint density at radius 1 is 1.21 bits per heavy atom. The molecule has 0 aliphatic carbocycles. The van der Waals surface area contributed by atoms with Gasteiger partial charge in [0.05, 0.1) is 18.9 Å². The van der Waals surface area contributed by atoms with Gasteiger partial charge in [-0.05, 0) is 6.07 Å². The highest BCUT2D eigenvalue weighted by Crippen LogP contribution is 2.13. The van der Waals surface area contributed by atoms with E-state index in [0.717, 1.165) is 10.8 Å². The molecule has 0 aliphatic heterocycles. The highest BCUT2D eigenvalue weighted by Gasteiger charge is 2.03. The summed E-state index contributed by atoms with van der Waals surface area (Å²) >= 11 is 0. The van der Waals surface area contributed by atoms with Crippen LogP contribution in [0.2, 0.25) is 0 Å². The molecule has 0 fully saturated rings. The van der Waals surface area contributed by atoms with Crippen LogP contribution < -0.4 is 5.73 Å². The summed E-state index contributed by atoms with van der Waals surface area (Å²) in [5.74, 6) is -0.0660. The van der Waals surface area contributed by atoms with E-state index in [0.29, 0.717) is 5.56 Å². The first kappa shape index (κ1) is 8.77. The largest absolute Gasteiger partial charge is 0.324 e. The number of carbonyl (C=O) groups excluding carboxylic acids is 1. The molecular weight excluding hydrogens is 178 g/mol. The number of Topliss-reactive ketones (excluding diaryl/α,β-unsaturated/α-hetero) is 1. The molecule has 4 nitrogen and oxygen atoms in total. The van der Waals surface area contributed by atoms with Gasteiger partial charge < -0.3 is 5.73 Å². The third-order valence-electron chi connectivity index (χ3n) is 2.05. The van der Waals surface area contributed by atoms with Crippen LogP contribution in [0, 0.1) is 0 Å². The minimum Gasteiger partial charge on any atom is -0.324 e. The Balaban J connectivity index is 2.56. The second kappa shape index (κ2) is 3.51. The average Bonchev–Trinajstić information content (AvgIpc) is 2.27. The lowest BCUT2D eigenvalue weighted by atomic mass is 10.1. The third kappa shape index (κ3) is 1.47. The van der Waals surface area contributed by atoms with Crippen LogP contribution in [-0.4, -0.2) is 22.5 Å². The Labute approximate surface area is 80.8 Å². The van der Waals surface area contributed by atoms with E-state index in [1.54, 1.807) is 24.5 Å². The highest BCUT2D eigenvalue weighted by molar-refractivity contribution is 6.00. The summed E-state index contributed by atoms with van der Waals surface area (Å²) in [7, 11) is 0. The predicted molar refractivity (Wildman–Crippen MR) is 52.9 cm³/mol. The molecule has 1 aromatic heterocycles. The molecule has 2 N–H and O–H groups in total. The fourth-order valence-electron chi connectivity index (χ4n) is 1.29. The summed E-state index contributed by atoms with van der Waals surface area (Å²) in [4.78, 5) is 11.3. The third-order valence-corrected chi connectivity index (χ3v) is 2.05. The number of fused-ring (bicyclic) bond motifs is 1. The number of hydrogen-bond donors (Lipinski definition) is 1. The Morgan fingerprint density at radius 2 is 1.93 bits per heavy atom. The number of ketones is 1. The average molecular weight is 187 g/mol. The molecule has 0 radical (unpaired) electrons. The van der Waals surface area contributed by atoms with E-state index in [1.165, 1.54) is 0 Å². The lowest BCUT2D eigenvalue weighted by Gasteiger charge is -1.99. The van der Waals surface area contributed by atoms with E-state index in [-0.39, 0.29) is 12.3 Å². The van der Waals surface area contributed by atoms with E-state index >= 15 is 0 Å². The van der Waals surface area contributed by atoms with Gasteiger partial charge in [-0.15, -0.1) is 0 Å². The zero-order valence-corrected chi connectivity index (χ0v) is 7.47. The van der Waals surface area contributed by atoms with Crippen molar-refractivity contribution in [3.8, 4) is 0 Å². The van der Waals surface area contributed by atoms with Crippen molar-refractivity contribution in [1.29, 1.82) is 0 Å². The van der Waals surface area contributed by atoms with Gasteiger partial charge in [-0.3, -0.25) is 4.79 Å². The minimum absolute atomic E-state index is 0.0318. The summed E-state index contributed by atoms with van der Waals surface area (Å²) in [5, 5.41) is 9.36. The lowest BCUT2D eigenvalue weighted by molar-refractivity contribution is 0.100. The first-order chi connectivity index (χ1) is 6.81. The van der Waals surface area contributed by atoms with Crippen molar-refractivity contribution in [2.45, 2.75) is 0 Å². The van der Waals surface area contributed by atoms with Gasteiger partial charge in [0.15, 0.2) is 5.78 Å². The van der Waals surface area contributed by atoms with E-state index in [1.807, 2.05) is 6.07 Å². The molecule has 0 aliphatic rings. The predicted octanol–water partition coefficient (Wildman–Crippen LogP) is 0.771. The van der Waals surface area contributed by atoms with E-state index in [4.69, 9.17) is 5.73 Å². The van der Waals surface area contributed by atoms with Crippen LogP contribution >= 0.6 is 0 Å². The van der Waals surface area contributed by atoms with Gasteiger partial charge >= 0.3 is 0 Å². The summed E-state index contributed by atoms with van der Waals surface area (Å²) in [6.45, 7) is 0.0318. The number of nitrogens with zero attached hydrogens (tertiary/aromatic N) is 2. The van der Waals surface area contributed by atoms with Crippen molar-refractivity contribution in [3.05, 3.63) is 36.2 Å². The van der Waals surface area contributed by atoms with Crippen molar-refractivity contribution in [3.63, 3.8) is 0 Å². The number of aromatic nitrogens is 2. The zero-order valence-electron chi connectivity index (χ0n) is 7.47. The summed E-state index contributed by atoms with van der Waals surface area (Å²) < 4.78 is 0. The first-order valence-electron chi connectivity index (χ1n) is 4.25. The van der Waals surface area contributed by atoms with Crippen LogP contribution in [0.3, 0.4) is 0 Å². The number of benzene rings is 1. The summed E-state index contributed by atoms with van der Waals surface area (Å²) in [6.07, 6.45) is 3.29. The molecule has 4 heteroatoms. The lowest BCUT2D eigenvalue weighted by Crippen LogP contribution is -2.13. The molecule has 0 unspecified atom stereocenters.